The van der Waals surface area contributed by atoms with Crippen LogP contribution in [0, 0.1) is 5.92 Å². The van der Waals surface area contributed by atoms with E-state index < -0.39 is 0 Å². The SMILES string of the molecule is CN1CCC(C(=O)N2CC[C@@H](N)C2)C1. The van der Waals surface area contributed by atoms with E-state index in [0.29, 0.717) is 5.91 Å². The predicted octanol–water partition coefficient (Wildman–Crippen LogP) is -0.502. The lowest BCUT2D eigenvalue weighted by molar-refractivity contribution is -0.134. The van der Waals surface area contributed by atoms with E-state index in [1.54, 1.807) is 0 Å². The van der Waals surface area contributed by atoms with Crippen LogP contribution in [0.4, 0.5) is 0 Å². The first-order valence-electron chi connectivity index (χ1n) is 5.39. The van der Waals surface area contributed by atoms with Gasteiger partial charge in [-0.1, -0.05) is 0 Å². The highest BCUT2D eigenvalue weighted by atomic mass is 16.2. The van der Waals surface area contributed by atoms with Crippen molar-refractivity contribution in [1.29, 1.82) is 0 Å². The molecular formula is C10H19N3O. The van der Waals surface area contributed by atoms with Crippen LogP contribution in [0.1, 0.15) is 12.8 Å². The average Bonchev–Trinajstić information content (AvgIpc) is 2.73. The molecule has 80 valence electrons. The van der Waals surface area contributed by atoms with Gasteiger partial charge in [0.15, 0.2) is 0 Å². The van der Waals surface area contributed by atoms with Gasteiger partial charge in [-0.3, -0.25) is 4.79 Å². The third-order valence-electron chi connectivity index (χ3n) is 3.28. The zero-order chi connectivity index (χ0) is 10.1. The minimum absolute atomic E-state index is 0.207. The fourth-order valence-electron chi connectivity index (χ4n) is 2.38. The summed E-state index contributed by atoms with van der Waals surface area (Å²) in [6.45, 7) is 3.60. The molecule has 14 heavy (non-hydrogen) atoms. The zero-order valence-corrected chi connectivity index (χ0v) is 8.78. The molecule has 0 aromatic carbocycles. The molecule has 2 aliphatic rings. The van der Waals surface area contributed by atoms with Crippen LogP contribution in [0.2, 0.25) is 0 Å². The molecular weight excluding hydrogens is 178 g/mol. The molecule has 0 radical (unpaired) electrons. The second-order valence-corrected chi connectivity index (χ2v) is 4.58. The second-order valence-electron chi connectivity index (χ2n) is 4.58. The molecule has 0 bridgehead atoms. The van der Waals surface area contributed by atoms with Crippen molar-refractivity contribution in [3.8, 4) is 0 Å². The summed E-state index contributed by atoms with van der Waals surface area (Å²) in [4.78, 5) is 16.1. The van der Waals surface area contributed by atoms with E-state index in [1.807, 2.05) is 4.90 Å². The van der Waals surface area contributed by atoms with Gasteiger partial charge in [-0.05, 0) is 26.4 Å². The van der Waals surface area contributed by atoms with E-state index in [9.17, 15) is 4.79 Å². The van der Waals surface area contributed by atoms with Crippen molar-refractivity contribution in [3.63, 3.8) is 0 Å². The van der Waals surface area contributed by atoms with Crippen molar-refractivity contribution >= 4 is 5.91 Å². The highest BCUT2D eigenvalue weighted by molar-refractivity contribution is 5.79. The van der Waals surface area contributed by atoms with Crippen molar-refractivity contribution in [2.24, 2.45) is 11.7 Å². The first kappa shape index (κ1) is 9.93. The molecule has 2 atom stereocenters. The smallest absolute Gasteiger partial charge is 0.227 e. The summed E-state index contributed by atoms with van der Waals surface area (Å²) < 4.78 is 0. The molecule has 0 spiro atoms. The third-order valence-corrected chi connectivity index (χ3v) is 3.28. The summed E-state index contributed by atoms with van der Waals surface area (Å²) in [5, 5.41) is 0. The Kier molecular flexibility index (Phi) is 2.74. The first-order chi connectivity index (χ1) is 6.66. The number of rotatable bonds is 1. The Morgan fingerprint density at radius 1 is 1.29 bits per heavy atom. The normalized spacial score (nSPS) is 34.0. The Labute approximate surface area is 85.0 Å². The Balaban J connectivity index is 1.89. The number of hydrogen-bond acceptors (Lipinski definition) is 3. The molecule has 0 aromatic rings. The minimum Gasteiger partial charge on any atom is -0.341 e. The minimum atomic E-state index is 0.207. The van der Waals surface area contributed by atoms with Gasteiger partial charge in [0.05, 0.1) is 5.92 Å². The molecule has 2 aliphatic heterocycles. The molecule has 2 saturated heterocycles. The van der Waals surface area contributed by atoms with Gasteiger partial charge in [0, 0.05) is 25.7 Å². The van der Waals surface area contributed by atoms with Crippen molar-refractivity contribution in [2.45, 2.75) is 18.9 Å². The van der Waals surface area contributed by atoms with Gasteiger partial charge in [-0.25, -0.2) is 0 Å². The molecule has 2 rings (SSSR count). The van der Waals surface area contributed by atoms with E-state index in [-0.39, 0.29) is 12.0 Å². The Morgan fingerprint density at radius 2 is 2.07 bits per heavy atom. The Morgan fingerprint density at radius 3 is 2.57 bits per heavy atom. The molecule has 0 saturated carbocycles. The summed E-state index contributed by atoms with van der Waals surface area (Å²) in [5.41, 5.74) is 5.78. The van der Waals surface area contributed by atoms with Crippen molar-refractivity contribution in [3.05, 3.63) is 0 Å². The summed E-state index contributed by atoms with van der Waals surface area (Å²) in [6, 6.07) is 0.207. The fraction of sp³-hybridized carbons (Fsp3) is 0.900. The lowest BCUT2D eigenvalue weighted by atomic mass is 10.1. The maximum absolute atomic E-state index is 12.0. The fourth-order valence-corrected chi connectivity index (χ4v) is 2.38. The van der Waals surface area contributed by atoms with Crippen LogP contribution >= 0.6 is 0 Å². The first-order valence-corrected chi connectivity index (χ1v) is 5.39. The Hall–Kier alpha value is -0.610. The maximum Gasteiger partial charge on any atom is 0.227 e. The number of carbonyl (C=O) groups is 1. The molecule has 4 nitrogen and oxygen atoms in total. The van der Waals surface area contributed by atoms with Gasteiger partial charge in [0.25, 0.3) is 0 Å². The number of nitrogens with two attached hydrogens (primary N) is 1. The van der Waals surface area contributed by atoms with Crippen molar-refractivity contribution < 1.29 is 4.79 Å². The van der Waals surface area contributed by atoms with Crippen LogP contribution < -0.4 is 5.73 Å². The van der Waals surface area contributed by atoms with Crippen molar-refractivity contribution in [2.75, 3.05) is 33.2 Å². The van der Waals surface area contributed by atoms with Gasteiger partial charge in [-0.2, -0.15) is 0 Å². The monoisotopic (exact) mass is 197 g/mol. The van der Waals surface area contributed by atoms with Gasteiger partial charge in [0.1, 0.15) is 0 Å². The van der Waals surface area contributed by atoms with E-state index in [4.69, 9.17) is 5.73 Å². The zero-order valence-electron chi connectivity index (χ0n) is 8.78. The molecule has 0 aromatic heterocycles. The third kappa shape index (κ3) is 1.91. The maximum atomic E-state index is 12.0. The number of hydrogen-bond donors (Lipinski definition) is 1. The molecule has 2 heterocycles. The quantitative estimate of drug-likeness (QED) is 0.616. The molecule has 0 aliphatic carbocycles. The van der Waals surface area contributed by atoms with Gasteiger partial charge < -0.3 is 15.5 Å². The van der Waals surface area contributed by atoms with Crippen molar-refractivity contribution in [1.82, 2.24) is 9.80 Å². The van der Waals surface area contributed by atoms with Crippen LogP contribution in [-0.4, -0.2) is 55.0 Å². The van der Waals surface area contributed by atoms with Gasteiger partial charge in [0.2, 0.25) is 5.91 Å². The van der Waals surface area contributed by atoms with Crippen LogP contribution in [0.3, 0.4) is 0 Å². The summed E-state index contributed by atoms with van der Waals surface area (Å²) >= 11 is 0. The predicted molar refractivity (Wildman–Crippen MR) is 54.8 cm³/mol. The number of likely N-dealkylation sites (tertiary alicyclic amines) is 2. The molecule has 2 N–H and O–H groups in total. The lowest BCUT2D eigenvalue weighted by Gasteiger charge is -2.20. The van der Waals surface area contributed by atoms with Crippen LogP contribution in [0.25, 0.3) is 0 Å². The Bertz CT molecular complexity index is 209. The molecule has 2 fully saturated rings. The molecule has 4 heteroatoms. The average molecular weight is 197 g/mol. The summed E-state index contributed by atoms with van der Waals surface area (Å²) in [6.07, 6.45) is 1.98. The molecule has 1 amide bonds. The van der Waals surface area contributed by atoms with Gasteiger partial charge >= 0.3 is 0 Å². The standard InChI is InChI=1S/C10H19N3O/c1-12-4-2-8(6-12)10(14)13-5-3-9(11)7-13/h8-9H,2-7,11H2,1H3/t8?,9-/m1/s1. The van der Waals surface area contributed by atoms with Crippen LogP contribution in [-0.2, 0) is 4.79 Å². The van der Waals surface area contributed by atoms with Crippen LogP contribution in [0.15, 0.2) is 0 Å². The van der Waals surface area contributed by atoms with E-state index >= 15 is 0 Å². The topological polar surface area (TPSA) is 49.6 Å². The largest absolute Gasteiger partial charge is 0.341 e. The number of nitrogens with zero attached hydrogens (tertiary/aromatic N) is 2. The number of carbonyl (C=O) groups excluding carboxylic acids is 1. The highest BCUT2D eigenvalue weighted by Crippen LogP contribution is 2.19. The van der Waals surface area contributed by atoms with E-state index in [0.717, 1.165) is 39.0 Å². The van der Waals surface area contributed by atoms with E-state index in [1.165, 1.54) is 0 Å². The second kappa shape index (κ2) is 3.87. The summed E-state index contributed by atoms with van der Waals surface area (Å²) in [5.74, 6) is 0.549. The van der Waals surface area contributed by atoms with E-state index in [2.05, 4.69) is 11.9 Å². The van der Waals surface area contributed by atoms with Crippen LogP contribution in [0.5, 0.6) is 0 Å². The molecule has 1 unspecified atom stereocenters. The van der Waals surface area contributed by atoms with Gasteiger partial charge in [-0.15, -0.1) is 0 Å². The highest BCUT2D eigenvalue weighted by Gasteiger charge is 2.32. The lowest BCUT2D eigenvalue weighted by Crippen LogP contribution is -2.37. The number of amides is 1. The summed E-state index contributed by atoms with van der Waals surface area (Å²) in [7, 11) is 2.07.